The van der Waals surface area contributed by atoms with Gasteiger partial charge in [-0.2, -0.15) is 0 Å². The van der Waals surface area contributed by atoms with Crippen molar-refractivity contribution < 1.29 is 4.79 Å². The van der Waals surface area contributed by atoms with Gasteiger partial charge in [-0.25, -0.2) is 4.98 Å². The minimum Gasteiger partial charge on any atom is -0.365 e. The standard InChI is InChI=1S/C19H17ClN4O/c1-13-2-7-17(19(25)24-16-5-3-15(20)4-6-16)18(23-13)22-12-14-8-10-21-11-9-14/h2-11H,12H2,1H3,(H,22,23)(H,24,25). The third-order valence-electron chi connectivity index (χ3n) is 3.59. The lowest BCUT2D eigenvalue weighted by Gasteiger charge is -2.12. The lowest BCUT2D eigenvalue weighted by atomic mass is 10.2. The fourth-order valence-corrected chi connectivity index (χ4v) is 2.42. The summed E-state index contributed by atoms with van der Waals surface area (Å²) in [5, 5.41) is 6.70. The van der Waals surface area contributed by atoms with Gasteiger partial charge in [-0.15, -0.1) is 0 Å². The number of aryl methyl sites for hydroxylation is 1. The second-order valence-electron chi connectivity index (χ2n) is 5.52. The van der Waals surface area contributed by atoms with Gasteiger partial charge in [0.25, 0.3) is 5.91 Å². The van der Waals surface area contributed by atoms with E-state index < -0.39 is 0 Å². The van der Waals surface area contributed by atoms with E-state index in [1.807, 2.05) is 25.1 Å². The zero-order valence-corrected chi connectivity index (χ0v) is 14.4. The molecule has 0 bridgehead atoms. The Balaban J connectivity index is 1.78. The van der Waals surface area contributed by atoms with Crippen LogP contribution in [0.15, 0.2) is 60.9 Å². The summed E-state index contributed by atoms with van der Waals surface area (Å²) in [6.07, 6.45) is 3.46. The van der Waals surface area contributed by atoms with Crippen LogP contribution in [0.3, 0.4) is 0 Å². The predicted octanol–water partition coefficient (Wildman–Crippen LogP) is 4.30. The first kappa shape index (κ1) is 16.9. The van der Waals surface area contributed by atoms with Crippen LogP contribution in [-0.2, 0) is 6.54 Å². The van der Waals surface area contributed by atoms with Gasteiger partial charge >= 0.3 is 0 Å². The number of hydrogen-bond acceptors (Lipinski definition) is 4. The van der Waals surface area contributed by atoms with E-state index in [-0.39, 0.29) is 5.91 Å². The summed E-state index contributed by atoms with van der Waals surface area (Å²) in [5.41, 5.74) is 3.05. The molecule has 1 aromatic carbocycles. The number of hydrogen-bond donors (Lipinski definition) is 2. The smallest absolute Gasteiger partial charge is 0.259 e. The molecule has 2 aromatic heterocycles. The van der Waals surface area contributed by atoms with E-state index in [1.54, 1.807) is 42.7 Å². The van der Waals surface area contributed by atoms with E-state index in [0.29, 0.717) is 28.6 Å². The summed E-state index contributed by atoms with van der Waals surface area (Å²) in [6, 6.07) is 14.4. The monoisotopic (exact) mass is 352 g/mol. The molecule has 5 nitrogen and oxygen atoms in total. The topological polar surface area (TPSA) is 66.9 Å². The highest BCUT2D eigenvalue weighted by Crippen LogP contribution is 2.18. The Morgan fingerprint density at radius 3 is 2.48 bits per heavy atom. The number of nitrogens with zero attached hydrogens (tertiary/aromatic N) is 2. The molecule has 6 heteroatoms. The van der Waals surface area contributed by atoms with Crippen LogP contribution in [0.4, 0.5) is 11.5 Å². The van der Waals surface area contributed by atoms with Crippen molar-refractivity contribution in [3.63, 3.8) is 0 Å². The van der Waals surface area contributed by atoms with Gasteiger partial charge in [-0.1, -0.05) is 11.6 Å². The molecular formula is C19H17ClN4O. The van der Waals surface area contributed by atoms with Crippen molar-refractivity contribution in [2.45, 2.75) is 13.5 Å². The molecule has 1 amide bonds. The van der Waals surface area contributed by atoms with Crippen molar-refractivity contribution in [2.24, 2.45) is 0 Å². The first-order chi connectivity index (χ1) is 12.1. The number of carbonyl (C=O) groups is 1. The Hall–Kier alpha value is -2.92. The number of rotatable bonds is 5. The first-order valence-corrected chi connectivity index (χ1v) is 8.17. The summed E-state index contributed by atoms with van der Waals surface area (Å²) in [5.74, 6) is 0.315. The molecule has 3 rings (SSSR count). The Labute approximate surface area is 151 Å². The molecule has 0 fully saturated rings. The van der Waals surface area contributed by atoms with Gasteiger partial charge < -0.3 is 10.6 Å². The Morgan fingerprint density at radius 1 is 1.04 bits per heavy atom. The van der Waals surface area contributed by atoms with Gasteiger partial charge in [0.05, 0.1) is 5.56 Å². The molecule has 0 atom stereocenters. The van der Waals surface area contributed by atoms with Crippen molar-refractivity contribution in [3.8, 4) is 0 Å². The highest BCUT2D eigenvalue weighted by atomic mass is 35.5. The molecule has 0 unspecified atom stereocenters. The fourth-order valence-electron chi connectivity index (χ4n) is 2.29. The second kappa shape index (κ2) is 7.77. The maximum Gasteiger partial charge on any atom is 0.259 e. The number of pyridine rings is 2. The van der Waals surface area contributed by atoms with Gasteiger partial charge in [0.2, 0.25) is 0 Å². The normalized spacial score (nSPS) is 10.3. The van der Waals surface area contributed by atoms with Crippen LogP contribution in [0.1, 0.15) is 21.6 Å². The summed E-state index contributed by atoms with van der Waals surface area (Å²) in [4.78, 5) is 21.1. The third-order valence-corrected chi connectivity index (χ3v) is 3.84. The van der Waals surface area contributed by atoms with Gasteiger partial charge in [0.1, 0.15) is 5.82 Å². The first-order valence-electron chi connectivity index (χ1n) is 7.79. The molecule has 0 aliphatic rings. The quantitative estimate of drug-likeness (QED) is 0.718. The number of nitrogens with one attached hydrogen (secondary N) is 2. The van der Waals surface area contributed by atoms with Crippen molar-refractivity contribution in [3.05, 3.63) is 82.8 Å². The predicted molar refractivity (Wildman–Crippen MR) is 99.9 cm³/mol. The van der Waals surface area contributed by atoms with E-state index >= 15 is 0 Å². The zero-order chi connectivity index (χ0) is 17.6. The van der Waals surface area contributed by atoms with Crippen LogP contribution < -0.4 is 10.6 Å². The second-order valence-corrected chi connectivity index (χ2v) is 5.96. The molecule has 3 aromatic rings. The van der Waals surface area contributed by atoms with E-state index in [1.165, 1.54) is 0 Å². The molecule has 0 saturated heterocycles. The van der Waals surface area contributed by atoms with Crippen LogP contribution in [0.25, 0.3) is 0 Å². The van der Waals surface area contributed by atoms with E-state index in [9.17, 15) is 4.79 Å². The minimum absolute atomic E-state index is 0.230. The van der Waals surface area contributed by atoms with E-state index in [0.717, 1.165) is 11.3 Å². The fraction of sp³-hybridized carbons (Fsp3) is 0.105. The molecule has 0 saturated carbocycles. The lowest BCUT2D eigenvalue weighted by Crippen LogP contribution is -2.16. The summed E-state index contributed by atoms with van der Waals surface area (Å²) in [6.45, 7) is 2.44. The third kappa shape index (κ3) is 4.55. The summed E-state index contributed by atoms with van der Waals surface area (Å²) < 4.78 is 0. The Bertz CT molecular complexity index is 866. The van der Waals surface area contributed by atoms with Crippen molar-refractivity contribution in [1.29, 1.82) is 0 Å². The van der Waals surface area contributed by atoms with E-state index in [4.69, 9.17) is 11.6 Å². The molecule has 0 spiro atoms. The average molecular weight is 353 g/mol. The maximum absolute atomic E-state index is 12.6. The van der Waals surface area contributed by atoms with Gasteiger partial charge in [-0.3, -0.25) is 9.78 Å². The van der Waals surface area contributed by atoms with Crippen LogP contribution in [0.5, 0.6) is 0 Å². The van der Waals surface area contributed by atoms with Crippen molar-refractivity contribution >= 4 is 29.0 Å². The number of carbonyl (C=O) groups excluding carboxylic acids is 1. The molecule has 0 aliphatic carbocycles. The molecule has 126 valence electrons. The van der Waals surface area contributed by atoms with Crippen LogP contribution in [-0.4, -0.2) is 15.9 Å². The van der Waals surface area contributed by atoms with Crippen molar-refractivity contribution in [1.82, 2.24) is 9.97 Å². The van der Waals surface area contributed by atoms with Crippen LogP contribution >= 0.6 is 11.6 Å². The van der Waals surface area contributed by atoms with E-state index in [2.05, 4.69) is 20.6 Å². The minimum atomic E-state index is -0.230. The number of amides is 1. The SMILES string of the molecule is Cc1ccc(C(=O)Nc2ccc(Cl)cc2)c(NCc2ccncc2)n1. The number of anilines is 2. The highest BCUT2D eigenvalue weighted by Gasteiger charge is 2.13. The molecule has 2 heterocycles. The lowest BCUT2D eigenvalue weighted by molar-refractivity contribution is 0.102. The molecule has 25 heavy (non-hydrogen) atoms. The Morgan fingerprint density at radius 2 is 1.76 bits per heavy atom. The van der Waals surface area contributed by atoms with Gasteiger partial charge in [-0.05, 0) is 61.0 Å². The van der Waals surface area contributed by atoms with Crippen LogP contribution in [0, 0.1) is 6.92 Å². The van der Waals surface area contributed by atoms with Gasteiger partial charge in [0, 0.05) is 35.3 Å². The maximum atomic E-state index is 12.6. The molecule has 0 aliphatic heterocycles. The van der Waals surface area contributed by atoms with Gasteiger partial charge in [0.15, 0.2) is 0 Å². The largest absolute Gasteiger partial charge is 0.365 e. The van der Waals surface area contributed by atoms with Crippen LogP contribution in [0.2, 0.25) is 5.02 Å². The summed E-state index contributed by atoms with van der Waals surface area (Å²) in [7, 11) is 0. The number of aromatic nitrogens is 2. The Kier molecular flexibility index (Phi) is 5.26. The molecular weight excluding hydrogens is 336 g/mol. The summed E-state index contributed by atoms with van der Waals surface area (Å²) >= 11 is 5.87. The highest BCUT2D eigenvalue weighted by molar-refractivity contribution is 6.30. The number of benzene rings is 1. The zero-order valence-electron chi connectivity index (χ0n) is 13.7. The molecule has 2 N–H and O–H groups in total. The number of halogens is 1. The average Bonchev–Trinajstić information content (AvgIpc) is 2.63. The van der Waals surface area contributed by atoms with Crippen molar-refractivity contribution in [2.75, 3.05) is 10.6 Å². The molecule has 0 radical (unpaired) electrons.